The summed E-state index contributed by atoms with van der Waals surface area (Å²) in [5, 5.41) is 17.2. The first-order chi connectivity index (χ1) is 11.2. The summed E-state index contributed by atoms with van der Waals surface area (Å²) in [4.78, 5) is 10.4. The van der Waals surface area contributed by atoms with Crippen molar-refractivity contribution in [3.05, 3.63) is 70.3 Å². The van der Waals surface area contributed by atoms with Crippen molar-refractivity contribution in [2.45, 2.75) is 19.6 Å². The van der Waals surface area contributed by atoms with Crippen molar-refractivity contribution in [2.24, 2.45) is 5.10 Å². The van der Waals surface area contributed by atoms with Crippen LogP contribution in [0.2, 0.25) is 0 Å². The fraction of sp³-hybridized carbons (Fsp3) is 0.235. The van der Waals surface area contributed by atoms with E-state index >= 15 is 0 Å². The zero-order valence-corrected chi connectivity index (χ0v) is 12.8. The number of ether oxygens (including phenoxy) is 1. The molecule has 118 valence electrons. The van der Waals surface area contributed by atoms with E-state index in [0.717, 1.165) is 17.0 Å². The average Bonchev–Trinajstić information content (AvgIpc) is 3.00. The van der Waals surface area contributed by atoms with Gasteiger partial charge >= 0.3 is 0 Å². The van der Waals surface area contributed by atoms with E-state index in [0.29, 0.717) is 13.0 Å². The fourth-order valence-electron chi connectivity index (χ4n) is 2.57. The molecular weight excluding hydrogens is 294 g/mol. The van der Waals surface area contributed by atoms with Gasteiger partial charge < -0.3 is 4.74 Å². The largest absolute Gasteiger partial charge is 0.356 e. The number of hydrazone groups is 1. The zero-order valence-electron chi connectivity index (χ0n) is 12.8. The third kappa shape index (κ3) is 3.22. The predicted octanol–water partition coefficient (Wildman–Crippen LogP) is 3.57. The van der Waals surface area contributed by atoms with Crippen LogP contribution in [-0.4, -0.2) is 23.5 Å². The Hall–Kier alpha value is -2.73. The Balaban J connectivity index is 1.90. The van der Waals surface area contributed by atoms with Gasteiger partial charge in [0, 0.05) is 25.2 Å². The average molecular weight is 311 g/mol. The molecule has 6 heteroatoms. The van der Waals surface area contributed by atoms with Gasteiger partial charge in [-0.05, 0) is 24.6 Å². The van der Waals surface area contributed by atoms with Gasteiger partial charge in [-0.25, -0.2) is 5.01 Å². The summed E-state index contributed by atoms with van der Waals surface area (Å²) >= 11 is 0. The van der Waals surface area contributed by atoms with Gasteiger partial charge in [0.25, 0.3) is 5.69 Å². The summed E-state index contributed by atoms with van der Waals surface area (Å²) in [5.41, 5.74) is 2.84. The SMILES string of the molecule is CCO[C@H]1CC(c2ccccc2)=NN1c1ccc([N+](=O)[O-])cc1. The molecule has 2 aromatic carbocycles. The molecule has 0 N–H and O–H groups in total. The number of hydrogen-bond acceptors (Lipinski definition) is 5. The Morgan fingerprint density at radius 2 is 1.91 bits per heavy atom. The second kappa shape index (κ2) is 6.58. The lowest BCUT2D eigenvalue weighted by Gasteiger charge is -2.22. The number of nitrogens with zero attached hydrogens (tertiary/aromatic N) is 3. The van der Waals surface area contributed by atoms with Crippen LogP contribution in [0.5, 0.6) is 0 Å². The van der Waals surface area contributed by atoms with Crippen molar-refractivity contribution in [2.75, 3.05) is 11.6 Å². The van der Waals surface area contributed by atoms with E-state index in [4.69, 9.17) is 4.74 Å². The van der Waals surface area contributed by atoms with Crippen molar-refractivity contribution >= 4 is 17.1 Å². The number of rotatable bonds is 5. The summed E-state index contributed by atoms with van der Waals surface area (Å²) < 4.78 is 5.78. The molecule has 6 nitrogen and oxygen atoms in total. The van der Waals surface area contributed by atoms with Gasteiger partial charge in [0.05, 0.1) is 16.3 Å². The number of anilines is 1. The first-order valence-electron chi connectivity index (χ1n) is 7.47. The minimum Gasteiger partial charge on any atom is -0.356 e. The second-order valence-corrected chi connectivity index (χ2v) is 5.14. The van der Waals surface area contributed by atoms with Gasteiger partial charge in [-0.15, -0.1) is 0 Å². The van der Waals surface area contributed by atoms with E-state index in [1.165, 1.54) is 12.1 Å². The van der Waals surface area contributed by atoms with E-state index in [1.54, 1.807) is 17.1 Å². The molecule has 2 aromatic rings. The Labute approximate surface area is 134 Å². The van der Waals surface area contributed by atoms with E-state index in [1.807, 2.05) is 37.3 Å². The third-order valence-electron chi connectivity index (χ3n) is 3.66. The van der Waals surface area contributed by atoms with E-state index in [2.05, 4.69) is 5.10 Å². The Bertz CT molecular complexity index is 714. The fourth-order valence-corrected chi connectivity index (χ4v) is 2.57. The molecule has 1 aliphatic rings. The maximum absolute atomic E-state index is 10.8. The molecule has 0 unspecified atom stereocenters. The molecule has 0 fully saturated rings. The van der Waals surface area contributed by atoms with Crippen molar-refractivity contribution in [3.63, 3.8) is 0 Å². The minimum absolute atomic E-state index is 0.0631. The third-order valence-corrected chi connectivity index (χ3v) is 3.66. The lowest BCUT2D eigenvalue weighted by atomic mass is 10.1. The summed E-state index contributed by atoms with van der Waals surface area (Å²) in [7, 11) is 0. The predicted molar refractivity (Wildman–Crippen MR) is 88.6 cm³/mol. The molecule has 0 bridgehead atoms. The Kier molecular flexibility index (Phi) is 4.34. The van der Waals surface area contributed by atoms with E-state index in [-0.39, 0.29) is 11.9 Å². The molecule has 0 aromatic heterocycles. The van der Waals surface area contributed by atoms with Gasteiger partial charge in [-0.2, -0.15) is 5.10 Å². The molecule has 0 saturated carbocycles. The molecule has 0 saturated heterocycles. The normalized spacial score (nSPS) is 17.2. The molecule has 23 heavy (non-hydrogen) atoms. The van der Waals surface area contributed by atoms with Crippen molar-refractivity contribution in [3.8, 4) is 0 Å². The molecule has 1 aliphatic heterocycles. The van der Waals surface area contributed by atoms with Crippen LogP contribution >= 0.6 is 0 Å². The maximum atomic E-state index is 10.8. The zero-order chi connectivity index (χ0) is 16.2. The monoisotopic (exact) mass is 311 g/mol. The second-order valence-electron chi connectivity index (χ2n) is 5.14. The lowest BCUT2D eigenvalue weighted by molar-refractivity contribution is -0.384. The number of non-ortho nitro benzene ring substituents is 1. The first-order valence-corrected chi connectivity index (χ1v) is 7.47. The summed E-state index contributed by atoms with van der Waals surface area (Å²) in [6.45, 7) is 2.51. The van der Waals surface area contributed by atoms with Gasteiger partial charge in [0.1, 0.15) is 0 Å². The topological polar surface area (TPSA) is 68.0 Å². The van der Waals surface area contributed by atoms with Crippen LogP contribution in [0.1, 0.15) is 18.9 Å². The lowest BCUT2D eigenvalue weighted by Crippen LogP contribution is -2.29. The van der Waals surface area contributed by atoms with Gasteiger partial charge in [0.2, 0.25) is 0 Å². The Morgan fingerprint density at radius 3 is 2.52 bits per heavy atom. The minimum atomic E-state index is -0.410. The van der Waals surface area contributed by atoms with Crippen LogP contribution in [0.4, 0.5) is 11.4 Å². The highest BCUT2D eigenvalue weighted by molar-refractivity contribution is 6.03. The van der Waals surface area contributed by atoms with Crippen LogP contribution in [-0.2, 0) is 4.74 Å². The van der Waals surface area contributed by atoms with Crippen LogP contribution in [0.3, 0.4) is 0 Å². The number of nitro groups is 1. The first kappa shape index (κ1) is 15.2. The molecule has 1 heterocycles. The highest BCUT2D eigenvalue weighted by Gasteiger charge is 2.29. The quantitative estimate of drug-likeness (QED) is 0.625. The standard InChI is InChI=1S/C17H17N3O3/c1-2-23-17-12-16(13-6-4-3-5-7-13)18-19(17)14-8-10-15(11-9-14)20(21)22/h3-11,17H,2,12H2,1H3/t17-/m0/s1. The van der Waals surface area contributed by atoms with Crippen molar-refractivity contribution in [1.29, 1.82) is 0 Å². The highest BCUT2D eigenvalue weighted by atomic mass is 16.6. The maximum Gasteiger partial charge on any atom is 0.269 e. The van der Waals surface area contributed by atoms with E-state index < -0.39 is 4.92 Å². The number of hydrogen-bond donors (Lipinski definition) is 0. The molecule has 3 rings (SSSR count). The smallest absolute Gasteiger partial charge is 0.269 e. The van der Waals surface area contributed by atoms with Gasteiger partial charge in [-0.1, -0.05) is 30.3 Å². The highest BCUT2D eigenvalue weighted by Crippen LogP contribution is 2.28. The number of nitro benzene ring substituents is 1. The van der Waals surface area contributed by atoms with Crippen LogP contribution in [0.15, 0.2) is 59.7 Å². The molecule has 0 spiro atoms. The Morgan fingerprint density at radius 1 is 1.22 bits per heavy atom. The van der Waals surface area contributed by atoms with Crippen molar-refractivity contribution in [1.82, 2.24) is 0 Å². The molecule has 0 aliphatic carbocycles. The van der Waals surface area contributed by atoms with Gasteiger partial charge in [0.15, 0.2) is 6.23 Å². The van der Waals surface area contributed by atoms with Crippen LogP contribution < -0.4 is 5.01 Å². The van der Waals surface area contributed by atoms with E-state index in [9.17, 15) is 10.1 Å². The molecular formula is C17H17N3O3. The van der Waals surface area contributed by atoms with Crippen molar-refractivity contribution < 1.29 is 9.66 Å². The molecule has 1 atom stereocenters. The van der Waals surface area contributed by atoms with Crippen LogP contribution in [0.25, 0.3) is 0 Å². The van der Waals surface area contributed by atoms with Crippen LogP contribution in [0, 0.1) is 10.1 Å². The summed E-state index contributed by atoms with van der Waals surface area (Å²) in [5.74, 6) is 0. The number of benzene rings is 2. The molecule has 0 radical (unpaired) electrons. The van der Waals surface area contributed by atoms with Gasteiger partial charge in [-0.3, -0.25) is 10.1 Å². The molecule has 0 amide bonds. The summed E-state index contributed by atoms with van der Waals surface area (Å²) in [6, 6.07) is 16.3. The summed E-state index contributed by atoms with van der Waals surface area (Å²) in [6.07, 6.45) is 0.478.